The van der Waals surface area contributed by atoms with Gasteiger partial charge in [-0.1, -0.05) is 18.8 Å². The smallest absolute Gasteiger partial charge is 0.263 e. The summed E-state index contributed by atoms with van der Waals surface area (Å²) < 4.78 is 32.2. The second-order valence-electron chi connectivity index (χ2n) is 6.95. The zero-order valence-corrected chi connectivity index (χ0v) is 18.2. The highest BCUT2D eigenvalue weighted by molar-refractivity contribution is 8.00. The van der Waals surface area contributed by atoms with Crippen LogP contribution in [0.2, 0.25) is 0 Å². The van der Waals surface area contributed by atoms with Gasteiger partial charge in [0.25, 0.3) is 5.91 Å². The molecule has 1 aromatic rings. The van der Waals surface area contributed by atoms with Gasteiger partial charge in [-0.25, -0.2) is 13.9 Å². The minimum atomic E-state index is -3.96. The number of ether oxygens (including phenoxy) is 1. The third kappa shape index (κ3) is 5.65. The summed E-state index contributed by atoms with van der Waals surface area (Å²) in [5.41, 5.74) is 1.58. The Morgan fingerprint density at radius 1 is 1.41 bits per heavy atom. The van der Waals surface area contributed by atoms with Crippen molar-refractivity contribution >= 4 is 27.7 Å². The van der Waals surface area contributed by atoms with Crippen molar-refractivity contribution in [3.63, 3.8) is 0 Å². The molecule has 1 heterocycles. The minimum Gasteiger partial charge on any atom is -0.481 e. The molecule has 1 aliphatic rings. The molecule has 2 rings (SSSR count). The SMILES string of the molecule is CCC(O)C#CCOc1ccc(S(=O)(=O)N2CCSC(C)(C)C2C(=O)NO)cc1. The molecule has 1 fully saturated rings. The van der Waals surface area contributed by atoms with Gasteiger partial charge in [0.1, 0.15) is 24.5 Å². The lowest BCUT2D eigenvalue weighted by molar-refractivity contribution is -0.134. The van der Waals surface area contributed by atoms with Crippen LogP contribution in [0.5, 0.6) is 5.75 Å². The molecule has 0 radical (unpaired) electrons. The van der Waals surface area contributed by atoms with Crippen LogP contribution in [0, 0.1) is 11.8 Å². The van der Waals surface area contributed by atoms with E-state index in [1.165, 1.54) is 36.0 Å². The van der Waals surface area contributed by atoms with Crippen molar-refractivity contribution in [2.75, 3.05) is 18.9 Å². The highest BCUT2D eigenvalue weighted by atomic mass is 32.2. The molecule has 0 bridgehead atoms. The number of benzene rings is 1. The summed E-state index contributed by atoms with van der Waals surface area (Å²) >= 11 is 1.48. The number of rotatable bonds is 6. The van der Waals surface area contributed by atoms with Crippen molar-refractivity contribution in [3.8, 4) is 17.6 Å². The van der Waals surface area contributed by atoms with E-state index in [4.69, 9.17) is 9.94 Å². The fourth-order valence-corrected chi connectivity index (χ4v) is 6.05. The summed E-state index contributed by atoms with van der Waals surface area (Å²) in [7, 11) is -3.96. The number of amides is 1. The Balaban J connectivity index is 2.19. The third-order valence-electron chi connectivity index (χ3n) is 4.49. The molecule has 0 aromatic heterocycles. The van der Waals surface area contributed by atoms with Crippen molar-refractivity contribution < 1.29 is 28.3 Å². The van der Waals surface area contributed by atoms with Crippen LogP contribution in [-0.2, 0) is 14.8 Å². The van der Waals surface area contributed by atoms with Gasteiger partial charge in [0.15, 0.2) is 0 Å². The van der Waals surface area contributed by atoms with Crippen LogP contribution in [-0.4, -0.2) is 64.7 Å². The molecule has 10 heteroatoms. The molecule has 2 atom stereocenters. The van der Waals surface area contributed by atoms with Crippen molar-refractivity contribution in [2.24, 2.45) is 0 Å². The molecule has 0 saturated carbocycles. The Kier molecular flexibility index (Phi) is 7.96. The van der Waals surface area contributed by atoms with Crippen molar-refractivity contribution in [3.05, 3.63) is 24.3 Å². The molecule has 8 nitrogen and oxygen atoms in total. The summed E-state index contributed by atoms with van der Waals surface area (Å²) in [5, 5.41) is 18.5. The molecular weight excluding hydrogens is 416 g/mol. The van der Waals surface area contributed by atoms with Gasteiger partial charge in [-0.05, 0) is 44.5 Å². The fraction of sp³-hybridized carbons (Fsp3) is 0.526. The topological polar surface area (TPSA) is 116 Å². The lowest BCUT2D eigenvalue weighted by Gasteiger charge is -2.43. The van der Waals surface area contributed by atoms with Gasteiger partial charge >= 0.3 is 0 Å². The number of aliphatic hydroxyl groups excluding tert-OH is 1. The fourth-order valence-electron chi connectivity index (χ4n) is 2.94. The molecule has 1 aromatic carbocycles. The summed E-state index contributed by atoms with van der Waals surface area (Å²) in [4.78, 5) is 12.2. The number of nitrogens with zero attached hydrogens (tertiary/aromatic N) is 1. The normalized spacial score (nSPS) is 20.2. The highest BCUT2D eigenvalue weighted by Crippen LogP contribution is 2.38. The largest absolute Gasteiger partial charge is 0.481 e. The van der Waals surface area contributed by atoms with E-state index >= 15 is 0 Å². The molecule has 3 N–H and O–H groups in total. The van der Waals surface area contributed by atoms with Crippen LogP contribution in [0.25, 0.3) is 0 Å². The maximum Gasteiger partial charge on any atom is 0.263 e. The highest BCUT2D eigenvalue weighted by Gasteiger charge is 2.48. The van der Waals surface area contributed by atoms with Crippen LogP contribution >= 0.6 is 11.8 Å². The van der Waals surface area contributed by atoms with Crippen LogP contribution in [0.3, 0.4) is 0 Å². The van der Waals surface area contributed by atoms with Gasteiger partial charge in [0, 0.05) is 17.0 Å². The van der Waals surface area contributed by atoms with E-state index in [0.29, 0.717) is 17.9 Å². The Morgan fingerprint density at radius 2 is 2.07 bits per heavy atom. The van der Waals surface area contributed by atoms with E-state index in [0.717, 1.165) is 4.31 Å². The van der Waals surface area contributed by atoms with E-state index in [9.17, 15) is 18.3 Å². The predicted octanol–water partition coefficient (Wildman–Crippen LogP) is 1.23. The third-order valence-corrected chi connectivity index (χ3v) is 7.72. The number of carbonyl (C=O) groups is 1. The average molecular weight is 443 g/mol. The maximum absolute atomic E-state index is 13.1. The summed E-state index contributed by atoms with van der Waals surface area (Å²) in [6, 6.07) is 4.78. The Morgan fingerprint density at radius 3 is 2.66 bits per heavy atom. The quantitative estimate of drug-likeness (QED) is 0.345. The molecule has 1 saturated heterocycles. The summed E-state index contributed by atoms with van der Waals surface area (Å²) in [5.74, 6) is 5.52. The number of sulfonamides is 1. The molecule has 1 aliphatic heterocycles. The second kappa shape index (κ2) is 9.82. The van der Waals surface area contributed by atoms with Crippen molar-refractivity contribution in [1.29, 1.82) is 0 Å². The first kappa shape index (κ1) is 23.5. The van der Waals surface area contributed by atoms with Crippen LogP contribution in [0.1, 0.15) is 27.2 Å². The van der Waals surface area contributed by atoms with Crippen LogP contribution in [0.15, 0.2) is 29.2 Å². The van der Waals surface area contributed by atoms with Crippen LogP contribution in [0.4, 0.5) is 0 Å². The number of hydrogen-bond acceptors (Lipinski definition) is 7. The summed E-state index contributed by atoms with van der Waals surface area (Å²) in [6.07, 6.45) is -0.164. The Bertz CT molecular complexity index is 874. The van der Waals surface area contributed by atoms with Gasteiger partial charge in [-0.2, -0.15) is 16.1 Å². The molecule has 0 aliphatic carbocycles. The number of thioether (sulfide) groups is 1. The molecule has 160 valence electrons. The first-order valence-corrected chi connectivity index (χ1v) is 11.5. The first-order chi connectivity index (χ1) is 13.6. The van der Waals surface area contributed by atoms with Crippen molar-refractivity contribution in [1.82, 2.24) is 9.79 Å². The van der Waals surface area contributed by atoms with Gasteiger partial charge in [-0.15, -0.1) is 0 Å². The van der Waals surface area contributed by atoms with Gasteiger partial charge in [0.05, 0.1) is 4.90 Å². The lowest BCUT2D eigenvalue weighted by atomic mass is 10.0. The monoisotopic (exact) mass is 442 g/mol. The van der Waals surface area contributed by atoms with Crippen LogP contribution < -0.4 is 10.2 Å². The van der Waals surface area contributed by atoms with E-state index < -0.39 is 32.8 Å². The number of hydrogen-bond donors (Lipinski definition) is 3. The summed E-state index contributed by atoms with van der Waals surface area (Å²) in [6.45, 7) is 5.58. The number of carbonyl (C=O) groups excluding carboxylic acids is 1. The van der Waals surface area contributed by atoms with Gasteiger partial charge in [0.2, 0.25) is 10.0 Å². The molecule has 0 spiro atoms. The van der Waals surface area contributed by atoms with E-state index in [-0.39, 0.29) is 18.0 Å². The Hall–Kier alpha value is -1.77. The number of nitrogens with one attached hydrogen (secondary N) is 1. The molecular formula is C19H26N2O6S2. The molecule has 2 unspecified atom stereocenters. The average Bonchev–Trinajstić information content (AvgIpc) is 2.69. The predicted molar refractivity (Wildman–Crippen MR) is 110 cm³/mol. The van der Waals surface area contributed by atoms with Gasteiger partial charge in [-0.3, -0.25) is 10.0 Å². The van der Waals surface area contributed by atoms with E-state index in [2.05, 4.69) is 11.8 Å². The zero-order chi connectivity index (χ0) is 21.7. The molecule has 29 heavy (non-hydrogen) atoms. The number of hydroxylamine groups is 1. The zero-order valence-electron chi connectivity index (χ0n) is 16.6. The van der Waals surface area contributed by atoms with E-state index in [1.807, 2.05) is 6.92 Å². The second-order valence-corrected chi connectivity index (χ2v) is 10.6. The standard InChI is InChI=1S/C19H26N2O6S2/c1-4-14(22)6-5-12-27-15-7-9-16(10-8-15)29(25,26)21-11-13-28-19(2,3)17(21)18(23)20-24/h7-10,14,17,22,24H,4,11-13H2,1-3H3,(H,20,23). The molecule has 1 amide bonds. The van der Waals surface area contributed by atoms with E-state index in [1.54, 1.807) is 19.3 Å². The number of aliphatic hydroxyl groups is 1. The maximum atomic E-state index is 13.1. The lowest BCUT2D eigenvalue weighted by Crippen LogP contribution is -2.61. The van der Waals surface area contributed by atoms with Gasteiger partial charge < -0.3 is 9.84 Å². The Labute approximate surface area is 175 Å². The van der Waals surface area contributed by atoms with Crippen molar-refractivity contribution in [2.45, 2.75) is 49.0 Å². The minimum absolute atomic E-state index is 0.0239. The first-order valence-electron chi connectivity index (χ1n) is 9.12.